The van der Waals surface area contributed by atoms with Gasteiger partial charge in [-0.25, -0.2) is 0 Å². The van der Waals surface area contributed by atoms with Gasteiger partial charge in [0, 0.05) is 174 Å². The van der Waals surface area contributed by atoms with E-state index in [1.54, 1.807) is 0 Å². The van der Waals surface area contributed by atoms with Gasteiger partial charge in [-0.05, 0) is 26.9 Å². The smallest absolute Gasteiger partial charge is 0.135 e. The summed E-state index contributed by atoms with van der Waals surface area (Å²) in [4.78, 5) is 15.0. The molecule has 0 aromatic heterocycles. The SMILES string of the molecule is C.CC.CC.CC.CC.CN1CCC(=NO)CC1.CN1CCC(=O)CC1.I.ON=C1CCNCC1.ON=C1CC[N-]CC1.[CH3-].[CH3-].[CH3-].[CH3-].[W].[W].[W].[Y]. The van der Waals surface area contributed by atoms with Gasteiger partial charge in [0.05, 0.1) is 17.1 Å². The normalized spacial score (nSPS) is 14.6. The summed E-state index contributed by atoms with van der Waals surface area (Å²) >= 11 is 0. The van der Waals surface area contributed by atoms with Crippen LogP contribution in [0, 0.1) is 29.7 Å². The number of nitrogens with one attached hydrogen (secondary N) is 1. The van der Waals surface area contributed by atoms with E-state index in [0.29, 0.717) is 5.78 Å². The number of likely N-dealkylation sites (tertiary alicyclic amines) is 2. The van der Waals surface area contributed by atoms with E-state index in [1.165, 1.54) is 0 Å². The summed E-state index contributed by atoms with van der Waals surface area (Å²) in [6, 6.07) is 0. The molecule has 315 valence electrons. The first kappa shape index (κ1) is 94.1. The Labute approximate surface area is 405 Å². The molecule has 4 aliphatic heterocycles. The zero-order chi connectivity index (χ0) is 32.3. The average molecular weight is 1430 g/mol. The van der Waals surface area contributed by atoms with Gasteiger partial charge < -0.3 is 65.8 Å². The Balaban J connectivity index is -0.0000000263. The molecule has 0 amide bonds. The van der Waals surface area contributed by atoms with Crippen LogP contribution in [0.3, 0.4) is 0 Å². The van der Waals surface area contributed by atoms with E-state index in [0.717, 1.165) is 121 Å². The molecule has 51 heavy (non-hydrogen) atoms. The molecule has 0 unspecified atom stereocenters. The number of nitrogens with zero attached hydrogens (tertiary/aromatic N) is 6. The number of hydrogen-bond donors (Lipinski definition) is 4. The van der Waals surface area contributed by atoms with Crippen molar-refractivity contribution >= 4 is 46.9 Å². The van der Waals surface area contributed by atoms with E-state index >= 15 is 0 Å². The summed E-state index contributed by atoms with van der Waals surface area (Å²) in [5.41, 5.74) is 2.75. The Morgan fingerprint density at radius 1 is 0.549 bits per heavy atom. The van der Waals surface area contributed by atoms with Gasteiger partial charge in [0.2, 0.25) is 0 Å². The number of oxime groups is 3. The molecule has 4 saturated heterocycles. The summed E-state index contributed by atoms with van der Waals surface area (Å²) < 4.78 is 0. The molecule has 0 aromatic carbocycles. The van der Waals surface area contributed by atoms with Crippen LogP contribution in [0.2, 0.25) is 0 Å². The standard InChI is InChI=1S/C6H12N2O.C6H11NO.C5H10N2O.C5H9N2O.4C2H6.CH4.4CH3.HI.3W.Y/c1-8-4-2-6(7-9)3-5-8;1-7-4-2-6(8)3-5-7;2*8-7-5-1-3-6-4-2-5;4*1-2;;;;;;;;;;/h9H,2-5H2,1H3;2-5H2,1H3;6,8H,1-4H2;8H,1-4H2;4*1-2H3;1H4;4*1H3;1H;;;;/q;;;-1;;;;;;4*-1;;;;;. The van der Waals surface area contributed by atoms with Crippen molar-refractivity contribution in [2.45, 2.75) is 114 Å². The van der Waals surface area contributed by atoms with Crippen LogP contribution in [0.5, 0.6) is 0 Å². The van der Waals surface area contributed by atoms with Crippen molar-refractivity contribution in [3.63, 3.8) is 0 Å². The molecule has 0 aliphatic carbocycles. The number of rotatable bonds is 0. The van der Waals surface area contributed by atoms with Crippen molar-refractivity contribution in [1.82, 2.24) is 15.1 Å². The zero-order valence-corrected chi connectivity index (χ0v) is 48.4. The van der Waals surface area contributed by atoms with Crippen molar-refractivity contribution in [2.75, 3.05) is 66.5 Å². The number of Topliss-reactive ketones (excluding diaryl/α,β-unsaturated/α-hetero) is 1. The van der Waals surface area contributed by atoms with E-state index in [9.17, 15) is 4.79 Å². The molecule has 0 saturated carbocycles. The molecular formula is C35H83IN7O4W3Y-5. The van der Waals surface area contributed by atoms with Crippen molar-refractivity contribution in [3.8, 4) is 0 Å². The Kier molecular flexibility index (Phi) is 148. The third-order valence-corrected chi connectivity index (χ3v) is 5.83. The van der Waals surface area contributed by atoms with Gasteiger partial charge in [0.25, 0.3) is 0 Å². The Morgan fingerprint density at radius 2 is 0.804 bits per heavy atom. The van der Waals surface area contributed by atoms with E-state index in [1.807, 2.05) is 62.4 Å². The topological polar surface area (TPSA) is 147 Å². The van der Waals surface area contributed by atoms with E-state index < -0.39 is 0 Å². The summed E-state index contributed by atoms with van der Waals surface area (Å²) in [5.74, 6) is 0.420. The van der Waals surface area contributed by atoms with Gasteiger partial charge in [0.1, 0.15) is 5.78 Å². The predicted molar refractivity (Wildman–Crippen MR) is 224 cm³/mol. The third-order valence-electron chi connectivity index (χ3n) is 5.83. The van der Waals surface area contributed by atoms with Crippen molar-refractivity contribution < 1.29 is 116 Å². The molecule has 0 aromatic rings. The molecule has 1 radical (unpaired) electrons. The van der Waals surface area contributed by atoms with Crippen molar-refractivity contribution in [1.29, 1.82) is 0 Å². The first-order chi connectivity index (χ1) is 20.0. The van der Waals surface area contributed by atoms with Crippen LogP contribution in [0.4, 0.5) is 0 Å². The third kappa shape index (κ3) is 67.0. The number of carbonyl (C=O) groups is 1. The minimum Gasteiger partial charge on any atom is -0.662 e. The van der Waals surface area contributed by atoms with Crippen LogP contribution >= 0.6 is 24.0 Å². The van der Waals surface area contributed by atoms with Gasteiger partial charge in [-0.2, -0.15) is 0 Å². The summed E-state index contributed by atoms with van der Waals surface area (Å²) in [7, 11) is 4.13. The number of hydrogen-bond acceptors (Lipinski definition) is 10. The summed E-state index contributed by atoms with van der Waals surface area (Å²) in [5, 5.41) is 41.5. The first-order valence-electron chi connectivity index (χ1n) is 15.8. The molecule has 0 atom stereocenters. The van der Waals surface area contributed by atoms with E-state index in [2.05, 4.69) is 42.9 Å². The quantitative estimate of drug-likeness (QED) is 0.0819. The van der Waals surface area contributed by atoms with Crippen LogP contribution in [-0.4, -0.2) is 115 Å². The number of piperidine rings is 4. The maximum atomic E-state index is 10.6. The Hall–Kier alpha value is 1.82. The van der Waals surface area contributed by atoms with Crippen LogP contribution in [0.15, 0.2) is 15.5 Å². The van der Waals surface area contributed by atoms with Crippen LogP contribution in [0.25, 0.3) is 5.32 Å². The largest absolute Gasteiger partial charge is 0.662 e. The minimum atomic E-state index is 0. The number of halogens is 1. The molecule has 4 aliphatic rings. The number of ketones is 1. The predicted octanol–water partition coefficient (Wildman–Crippen LogP) is 9.16. The fourth-order valence-electron chi connectivity index (χ4n) is 3.41. The monoisotopic (exact) mass is 1430 g/mol. The van der Waals surface area contributed by atoms with Crippen LogP contribution in [0.1, 0.15) is 114 Å². The maximum absolute atomic E-state index is 10.6. The fourth-order valence-corrected chi connectivity index (χ4v) is 3.41. The molecule has 4 heterocycles. The molecule has 4 rings (SSSR count). The molecule has 0 bridgehead atoms. The van der Waals surface area contributed by atoms with Crippen LogP contribution in [-0.2, 0) is 101 Å². The van der Waals surface area contributed by atoms with E-state index in [-0.39, 0.29) is 157 Å². The molecule has 4 N–H and O–H groups in total. The Morgan fingerprint density at radius 3 is 1.04 bits per heavy atom. The van der Waals surface area contributed by atoms with Crippen LogP contribution < -0.4 is 5.32 Å². The molecule has 11 nitrogen and oxygen atoms in total. The van der Waals surface area contributed by atoms with Crippen molar-refractivity contribution in [2.24, 2.45) is 15.5 Å². The van der Waals surface area contributed by atoms with Gasteiger partial charge in [-0.15, -0.1) is 37.1 Å². The first-order valence-corrected chi connectivity index (χ1v) is 15.8. The van der Waals surface area contributed by atoms with Gasteiger partial charge in [0.15, 0.2) is 0 Å². The molecule has 16 heteroatoms. The fraction of sp³-hybridized carbons (Fsp3) is 0.771. The Bertz CT molecular complexity index is 615. The molecule has 0 spiro atoms. The number of carbonyl (C=O) groups excluding carboxylic acids is 1. The molecular weight excluding hydrogens is 1350 g/mol. The molecule has 4 fully saturated rings. The summed E-state index contributed by atoms with van der Waals surface area (Å²) in [6.07, 6.45) is 6.85. The maximum Gasteiger partial charge on any atom is 0.135 e. The second-order valence-corrected chi connectivity index (χ2v) is 8.56. The van der Waals surface area contributed by atoms with Gasteiger partial charge in [-0.1, -0.05) is 78.3 Å². The van der Waals surface area contributed by atoms with Gasteiger partial charge >= 0.3 is 0 Å². The zero-order valence-electron chi connectivity index (χ0n) is 34.5. The van der Waals surface area contributed by atoms with E-state index in [4.69, 9.17) is 15.6 Å². The minimum absolute atomic E-state index is 0. The summed E-state index contributed by atoms with van der Waals surface area (Å²) in [6.45, 7) is 23.5. The second kappa shape index (κ2) is 80.3. The van der Waals surface area contributed by atoms with Crippen molar-refractivity contribution in [3.05, 3.63) is 35.0 Å². The van der Waals surface area contributed by atoms with Gasteiger partial charge in [-0.3, -0.25) is 4.79 Å². The average Bonchev–Trinajstić information content (AvgIpc) is 3.08. The second-order valence-electron chi connectivity index (χ2n) is 8.56.